The maximum atomic E-state index is 12.9. The number of benzene rings is 2. The smallest absolute Gasteiger partial charge is 0.325 e. The fraction of sp³-hybridized carbons (Fsp3) is 0.235. The number of amides is 1. The molecule has 2 aromatic carbocycles. The fourth-order valence-corrected chi connectivity index (χ4v) is 3.63. The molecule has 2 rings (SSSR count). The minimum atomic E-state index is -5.11. The average molecular weight is 460 g/mol. The predicted octanol–water partition coefficient (Wildman–Crippen LogP) is 5.18. The number of carbonyl (C=O) groups is 1. The monoisotopic (exact) mass is 459 g/mol. The second-order valence-electron chi connectivity index (χ2n) is 5.92. The van der Waals surface area contributed by atoms with Crippen LogP contribution in [0, 0.1) is 0 Å². The molecule has 1 atom stereocenters. The summed E-state index contributed by atoms with van der Waals surface area (Å²) in [6.45, 7) is 0.956. The van der Waals surface area contributed by atoms with E-state index < -0.39 is 50.2 Å². The number of nitrogens with one attached hydrogen (secondary N) is 1. The Hall–Kier alpha value is -2.27. The van der Waals surface area contributed by atoms with Gasteiger partial charge < -0.3 is 5.32 Å². The van der Waals surface area contributed by atoms with Crippen LogP contribution < -0.4 is 5.32 Å². The Kier molecular flexibility index (Phi) is 6.24. The summed E-state index contributed by atoms with van der Waals surface area (Å²) in [6.07, 6.45) is -10.2. The Morgan fingerprint density at radius 3 is 1.79 bits per heavy atom. The lowest BCUT2D eigenvalue weighted by atomic mass is 10.1. The van der Waals surface area contributed by atoms with Crippen LogP contribution in [0.25, 0.3) is 0 Å². The van der Waals surface area contributed by atoms with Gasteiger partial charge in [-0.15, -0.1) is 0 Å². The average Bonchev–Trinajstić information content (AvgIpc) is 2.59. The van der Waals surface area contributed by atoms with Gasteiger partial charge in [0.25, 0.3) is 0 Å². The normalized spacial score (nSPS) is 13.8. The van der Waals surface area contributed by atoms with Crippen LogP contribution in [0.4, 0.5) is 32.0 Å². The molecule has 0 aromatic heterocycles. The van der Waals surface area contributed by atoms with E-state index in [0.717, 1.165) is 19.1 Å². The number of sulfone groups is 1. The van der Waals surface area contributed by atoms with E-state index in [9.17, 15) is 39.6 Å². The van der Waals surface area contributed by atoms with Crippen LogP contribution in [-0.4, -0.2) is 19.6 Å². The summed E-state index contributed by atoms with van der Waals surface area (Å²) < 4.78 is 102. The van der Waals surface area contributed by atoms with Crippen molar-refractivity contribution in [3.63, 3.8) is 0 Å². The van der Waals surface area contributed by atoms with E-state index in [1.165, 1.54) is 12.1 Å². The third-order valence-electron chi connectivity index (χ3n) is 3.83. The summed E-state index contributed by atoms with van der Waals surface area (Å²) in [5, 5.41) is 0.238. The van der Waals surface area contributed by atoms with E-state index in [2.05, 4.69) is 0 Å². The largest absolute Gasteiger partial charge is 0.416 e. The summed E-state index contributed by atoms with van der Waals surface area (Å²) in [6, 6.07) is 5.21. The number of hydrogen-bond donors (Lipinski definition) is 1. The summed E-state index contributed by atoms with van der Waals surface area (Å²) in [5.41, 5.74) is -4.12. The fourth-order valence-electron chi connectivity index (χ4n) is 2.24. The SMILES string of the molecule is CC(C(=O)Nc1cc(C(F)(F)F)cc(C(F)(F)F)c1)S(=O)(=O)c1ccc(Cl)cc1. The molecule has 1 amide bonds. The van der Waals surface area contributed by atoms with Crippen molar-refractivity contribution in [1.29, 1.82) is 0 Å². The lowest BCUT2D eigenvalue weighted by Crippen LogP contribution is -2.32. The van der Waals surface area contributed by atoms with Gasteiger partial charge in [-0.05, 0) is 49.4 Å². The van der Waals surface area contributed by atoms with E-state index in [1.54, 1.807) is 0 Å². The van der Waals surface area contributed by atoms with E-state index >= 15 is 0 Å². The second kappa shape index (κ2) is 7.86. The highest BCUT2D eigenvalue weighted by atomic mass is 35.5. The number of alkyl halides is 6. The minimum absolute atomic E-state index is 0.108. The van der Waals surface area contributed by atoms with Crippen LogP contribution in [0.3, 0.4) is 0 Å². The Morgan fingerprint density at radius 2 is 1.38 bits per heavy atom. The minimum Gasteiger partial charge on any atom is -0.325 e. The number of carbonyl (C=O) groups excluding carboxylic acids is 1. The highest BCUT2D eigenvalue weighted by molar-refractivity contribution is 7.92. The molecule has 0 aliphatic rings. The van der Waals surface area contributed by atoms with Gasteiger partial charge in [0.05, 0.1) is 16.0 Å². The van der Waals surface area contributed by atoms with Crippen molar-refractivity contribution in [2.75, 3.05) is 5.32 Å². The van der Waals surface area contributed by atoms with Gasteiger partial charge in [-0.25, -0.2) is 8.42 Å². The van der Waals surface area contributed by atoms with Crippen LogP contribution >= 0.6 is 11.6 Å². The molecule has 0 bridgehead atoms. The van der Waals surface area contributed by atoms with Crippen molar-refractivity contribution < 1.29 is 39.6 Å². The number of rotatable bonds is 4. The maximum absolute atomic E-state index is 12.9. The van der Waals surface area contributed by atoms with Gasteiger partial charge in [0.2, 0.25) is 5.91 Å². The van der Waals surface area contributed by atoms with Gasteiger partial charge in [-0.2, -0.15) is 26.3 Å². The zero-order valence-electron chi connectivity index (χ0n) is 14.4. The topological polar surface area (TPSA) is 63.2 Å². The molecular weight excluding hydrogens is 448 g/mol. The first-order valence-electron chi connectivity index (χ1n) is 7.72. The van der Waals surface area contributed by atoms with Gasteiger partial charge >= 0.3 is 12.4 Å². The van der Waals surface area contributed by atoms with Crippen LogP contribution in [0.1, 0.15) is 18.1 Å². The molecule has 4 nitrogen and oxygen atoms in total. The van der Waals surface area contributed by atoms with Gasteiger partial charge in [0.1, 0.15) is 5.25 Å². The molecule has 0 saturated carbocycles. The van der Waals surface area contributed by atoms with Gasteiger partial charge in [-0.1, -0.05) is 11.6 Å². The summed E-state index contributed by atoms with van der Waals surface area (Å²) in [7, 11) is -4.27. The Morgan fingerprint density at radius 1 is 0.931 bits per heavy atom. The molecule has 158 valence electrons. The van der Waals surface area contributed by atoms with Crippen LogP contribution in [-0.2, 0) is 27.0 Å². The predicted molar refractivity (Wildman–Crippen MR) is 93.2 cm³/mol. The van der Waals surface area contributed by atoms with Crippen molar-refractivity contribution in [3.05, 3.63) is 58.6 Å². The molecule has 29 heavy (non-hydrogen) atoms. The lowest BCUT2D eigenvalue weighted by Gasteiger charge is -2.17. The van der Waals surface area contributed by atoms with Crippen LogP contribution in [0.15, 0.2) is 47.4 Å². The summed E-state index contributed by atoms with van der Waals surface area (Å²) in [5.74, 6) is -1.30. The first-order valence-corrected chi connectivity index (χ1v) is 9.64. The molecule has 2 aromatic rings. The van der Waals surface area contributed by atoms with Crippen molar-refractivity contribution in [2.45, 2.75) is 29.4 Å². The van der Waals surface area contributed by atoms with E-state index in [0.29, 0.717) is 0 Å². The first kappa shape index (κ1) is 23.0. The van der Waals surface area contributed by atoms with E-state index in [-0.39, 0.29) is 28.1 Å². The molecule has 0 spiro atoms. The van der Waals surface area contributed by atoms with Crippen molar-refractivity contribution in [3.8, 4) is 0 Å². The number of hydrogen-bond acceptors (Lipinski definition) is 3. The second-order valence-corrected chi connectivity index (χ2v) is 8.63. The Balaban J connectivity index is 2.37. The maximum Gasteiger partial charge on any atom is 0.416 e. The molecule has 0 aliphatic carbocycles. The third-order valence-corrected chi connectivity index (χ3v) is 6.16. The Labute approximate surface area is 166 Å². The molecule has 0 fully saturated rings. The molecular formula is C17H12ClF6NO3S. The van der Waals surface area contributed by atoms with E-state index in [1.807, 2.05) is 5.32 Å². The highest BCUT2D eigenvalue weighted by Gasteiger charge is 2.37. The molecule has 1 N–H and O–H groups in total. The molecule has 0 heterocycles. The third kappa shape index (κ3) is 5.41. The quantitative estimate of drug-likeness (QED) is 0.641. The lowest BCUT2D eigenvalue weighted by molar-refractivity contribution is -0.143. The number of anilines is 1. The zero-order chi connectivity index (χ0) is 22.2. The summed E-state index contributed by atoms with van der Waals surface area (Å²) in [4.78, 5) is 12.0. The standard InChI is InChI=1S/C17H12ClF6NO3S/c1-9(29(27,28)14-4-2-12(18)3-5-14)15(26)25-13-7-10(16(19,20)21)6-11(8-13)17(22,23)24/h2-9H,1H3,(H,25,26). The highest BCUT2D eigenvalue weighted by Crippen LogP contribution is 2.37. The van der Waals surface area contributed by atoms with E-state index in [4.69, 9.17) is 11.6 Å². The molecule has 12 heteroatoms. The number of halogens is 7. The summed E-state index contributed by atoms with van der Waals surface area (Å²) >= 11 is 5.66. The molecule has 0 radical (unpaired) electrons. The molecule has 1 unspecified atom stereocenters. The van der Waals surface area contributed by atoms with Crippen molar-refractivity contribution >= 4 is 33.0 Å². The van der Waals surface area contributed by atoms with Crippen molar-refractivity contribution in [2.24, 2.45) is 0 Å². The zero-order valence-corrected chi connectivity index (χ0v) is 16.0. The molecule has 0 aliphatic heterocycles. The molecule has 0 saturated heterocycles. The van der Waals surface area contributed by atoms with Crippen LogP contribution in [0.2, 0.25) is 5.02 Å². The Bertz CT molecular complexity index is 985. The van der Waals surface area contributed by atoms with Gasteiger partial charge in [0, 0.05) is 10.7 Å². The van der Waals surface area contributed by atoms with Gasteiger partial charge in [-0.3, -0.25) is 4.79 Å². The first-order chi connectivity index (χ1) is 13.1. The van der Waals surface area contributed by atoms with Gasteiger partial charge in [0.15, 0.2) is 9.84 Å². The van der Waals surface area contributed by atoms with Crippen molar-refractivity contribution in [1.82, 2.24) is 0 Å². The van der Waals surface area contributed by atoms with Crippen LogP contribution in [0.5, 0.6) is 0 Å².